The molecule has 1 N–H and O–H groups in total. The van der Waals surface area contributed by atoms with Gasteiger partial charge in [-0.3, -0.25) is 0 Å². The zero-order chi connectivity index (χ0) is 14.5. The number of aliphatic hydroxyl groups excluding tert-OH is 1. The van der Waals surface area contributed by atoms with Crippen LogP contribution in [0.5, 0.6) is 0 Å². The molecular weight excluding hydrogens is 265 g/mol. The van der Waals surface area contributed by atoms with Gasteiger partial charge in [0.25, 0.3) is 0 Å². The van der Waals surface area contributed by atoms with Gasteiger partial charge in [-0.25, -0.2) is 0 Å². The lowest BCUT2D eigenvalue weighted by molar-refractivity contribution is -0.173. The zero-order valence-electron chi connectivity index (χ0n) is 10.8. The van der Waals surface area contributed by atoms with Crippen molar-refractivity contribution in [1.29, 1.82) is 0 Å². The van der Waals surface area contributed by atoms with Gasteiger partial charge in [-0.15, -0.1) is 0 Å². The molecule has 0 spiro atoms. The second-order valence-corrected chi connectivity index (χ2v) is 4.22. The molecule has 1 rings (SSSR count). The van der Waals surface area contributed by atoms with Crippen LogP contribution in [0.2, 0.25) is 0 Å². The SMILES string of the molecule is CCC(c1nc(CCOCC(F)(F)F)no1)C(C)O. The minimum Gasteiger partial charge on any atom is -0.393 e. The number of aliphatic hydroxyl groups is 1. The van der Waals surface area contributed by atoms with Crippen molar-refractivity contribution in [3.8, 4) is 0 Å². The number of halogens is 3. The third kappa shape index (κ3) is 5.56. The van der Waals surface area contributed by atoms with Crippen LogP contribution in [0.3, 0.4) is 0 Å². The van der Waals surface area contributed by atoms with Crippen LogP contribution in [0.1, 0.15) is 37.9 Å². The Labute approximate surface area is 108 Å². The van der Waals surface area contributed by atoms with E-state index in [2.05, 4.69) is 14.9 Å². The maximum absolute atomic E-state index is 11.8. The van der Waals surface area contributed by atoms with Crippen LogP contribution in [0, 0.1) is 0 Å². The number of hydrogen-bond acceptors (Lipinski definition) is 5. The molecule has 1 heterocycles. The van der Waals surface area contributed by atoms with E-state index in [0.717, 1.165) is 0 Å². The first-order valence-corrected chi connectivity index (χ1v) is 5.98. The first-order valence-electron chi connectivity index (χ1n) is 5.98. The molecule has 2 unspecified atom stereocenters. The molecule has 0 amide bonds. The van der Waals surface area contributed by atoms with Crippen LogP contribution in [0.4, 0.5) is 13.2 Å². The van der Waals surface area contributed by atoms with E-state index < -0.39 is 18.9 Å². The summed E-state index contributed by atoms with van der Waals surface area (Å²) >= 11 is 0. The first kappa shape index (κ1) is 15.9. The highest BCUT2D eigenvalue weighted by atomic mass is 19.4. The number of nitrogens with zero attached hydrogens (tertiary/aromatic N) is 2. The molecule has 0 bridgehead atoms. The standard InChI is InChI=1S/C11H17F3N2O3/c1-3-8(7(2)17)10-15-9(16-19-10)4-5-18-6-11(12,13)14/h7-8,17H,3-6H2,1-2H3. The molecule has 0 saturated carbocycles. The Morgan fingerprint density at radius 3 is 2.63 bits per heavy atom. The minimum absolute atomic E-state index is 0.135. The lowest BCUT2D eigenvalue weighted by Crippen LogP contribution is -2.18. The Hall–Kier alpha value is -1.15. The average Bonchev–Trinajstić information content (AvgIpc) is 2.72. The number of ether oxygens (including phenoxy) is 1. The van der Waals surface area contributed by atoms with E-state index in [1.165, 1.54) is 0 Å². The largest absolute Gasteiger partial charge is 0.411 e. The fourth-order valence-electron chi connectivity index (χ4n) is 1.59. The summed E-state index contributed by atoms with van der Waals surface area (Å²) in [6.07, 6.45) is -4.19. The monoisotopic (exact) mass is 282 g/mol. The molecule has 0 radical (unpaired) electrons. The molecule has 0 aliphatic carbocycles. The van der Waals surface area contributed by atoms with Crippen LogP contribution in [0.25, 0.3) is 0 Å². The van der Waals surface area contributed by atoms with E-state index in [1.54, 1.807) is 6.92 Å². The summed E-state index contributed by atoms with van der Waals surface area (Å²) in [5.74, 6) is 0.303. The molecule has 0 aromatic carbocycles. The fraction of sp³-hybridized carbons (Fsp3) is 0.818. The lowest BCUT2D eigenvalue weighted by atomic mass is 10.0. The maximum atomic E-state index is 11.8. The summed E-state index contributed by atoms with van der Waals surface area (Å²) in [5.41, 5.74) is 0. The Bertz CT molecular complexity index is 380. The Kier molecular flexibility index (Phi) is 5.74. The molecule has 19 heavy (non-hydrogen) atoms. The second kappa shape index (κ2) is 6.85. The maximum Gasteiger partial charge on any atom is 0.411 e. The van der Waals surface area contributed by atoms with Crippen molar-refractivity contribution in [2.45, 2.75) is 44.9 Å². The topological polar surface area (TPSA) is 68.4 Å². The van der Waals surface area contributed by atoms with Crippen molar-refractivity contribution in [2.24, 2.45) is 0 Å². The van der Waals surface area contributed by atoms with Crippen molar-refractivity contribution >= 4 is 0 Å². The van der Waals surface area contributed by atoms with Crippen LogP contribution >= 0.6 is 0 Å². The Morgan fingerprint density at radius 2 is 2.11 bits per heavy atom. The molecule has 110 valence electrons. The lowest BCUT2D eigenvalue weighted by Gasteiger charge is -2.12. The highest BCUT2D eigenvalue weighted by Gasteiger charge is 2.27. The normalized spacial score (nSPS) is 15.5. The molecule has 1 aromatic rings. The zero-order valence-corrected chi connectivity index (χ0v) is 10.8. The van der Waals surface area contributed by atoms with Gasteiger partial charge in [0.1, 0.15) is 6.61 Å². The summed E-state index contributed by atoms with van der Waals surface area (Å²) < 4.78 is 44.9. The number of alkyl halides is 3. The third-order valence-corrected chi connectivity index (χ3v) is 2.56. The molecule has 2 atom stereocenters. The van der Waals surface area contributed by atoms with Crippen molar-refractivity contribution < 1.29 is 27.5 Å². The van der Waals surface area contributed by atoms with Crippen LogP contribution < -0.4 is 0 Å². The summed E-state index contributed by atoms with van der Waals surface area (Å²) in [4.78, 5) is 4.04. The molecular formula is C11H17F3N2O3. The number of aromatic nitrogens is 2. The third-order valence-electron chi connectivity index (χ3n) is 2.56. The van der Waals surface area contributed by atoms with Gasteiger partial charge in [-0.1, -0.05) is 12.1 Å². The van der Waals surface area contributed by atoms with Gasteiger partial charge in [0, 0.05) is 6.42 Å². The molecule has 0 aliphatic heterocycles. The predicted molar refractivity (Wildman–Crippen MR) is 59.6 cm³/mol. The summed E-state index contributed by atoms with van der Waals surface area (Å²) in [6.45, 7) is 2.06. The van der Waals surface area contributed by atoms with Crippen molar-refractivity contribution in [3.63, 3.8) is 0 Å². The van der Waals surface area contributed by atoms with Gasteiger partial charge < -0.3 is 14.4 Å². The first-order chi connectivity index (χ1) is 8.83. The minimum atomic E-state index is -4.33. The summed E-state index contributed by atoms with van der Waals surface area (Å²) in [6, 6.07) is 0. The van der Waals surface area contributed by atoms with Gasteiger partial charge in [0.05, 0.1) is 18.6 Å². The van der Waals surface area contributed by atoms with E-state index in [-0.39, 0.29) is 24.8 Å². The Morgan fingerprint density at radius 1 is 1.42 bits per heavy atom. The molecule has 0 fully saturated rings. The van der Waals surface area contributed by atoms with E-state index in [9.17, 15) is 18.3 Å². The van der Waals surface area contributed by atoms with Gasteiger partial charge >= 0.3 is 6.18 Å². The van der Waals surface area contributed by atoms with Gasteiger partial charge in [-0.05, 0) is 13.3 Å². The molecule has 1 aromatic heterocycles. The van der Waals surface area contributed by atoms with Gasteiger partial charge in [0.15, 0.2) is 5.82 Å². The number of rotatable bonds is 7. The second-order valence-electron chi connectivity index (χ2n) is 4.22. The molecule has 5 nitrogen and oxygen atoms in total. The van der Waals surface area contributed by atoms with Crippen molar-refractivity contribution in [2.75, 3.05) is 13.2 Å². The smallest absolute Gasteiger partial charge is 0.393 e. The van der Waals surface area contributed by atoms with Crippen LogP contribution in [0.15, 0.2) is 4.52 Å². The predicted octanol–water partition coefficient (Wildman–Crippen LogP) is 2.07. The van der Waals surface area contributed by atoms with E-state index in [1.807, 2.05) is 6.92 Å². The van der Waals surface area contributed by atoms with E-state index in [0.29, 0.717) is 12.3 Å². The van der Waals surface area contributed by atoms with E-state index >= 15 is 0 Å². The quantitative estimate of drug-likeness (QED) is 0.775. The molecule has 0 saturated heterocycles. The Balaban J connectivity index is 2.43. The molecule has 8 heteroatoms. The number of hydrogen-bond donors (Lipinski definition) is 1. The van der Waals surface area contributed by atoms with Gasteiger partial charge in [0.2, 0.25) is 5.89 Å². The van der Waals surface area contributed by atoms with Crippen molar-refractivity contribution in [1.82, 2.24) is 10.1 Å². The fourth-order valence-corrected chi connectivity index (χ4v) is 1.59. The average molecular weight is 282 g/mol. The van der Waals surface area contributed by atoms with E-state index in [4.69, 9.17) is 4.52 Å². The van der Waals surface area contributed by atoms with Crippen LogP contribution in [-0.2, 0) is 11.2 Å². The highest BCUT2D eigenvalue weighted by molar-refractivity contribution is 4.96. The highest BCUT2D eigenvalue weighted by Crippen LogP contribution is 2.21. The van der Waals surface area contributed by atoms with Crippen LogP contribution in [-0.4, -0.2) is 40.7 Å². The summed E-state index contributed by atoms with van der Waals surface area (Å²) in [7, 11) is 0. The molecule has 0 aliphatic rings. The summed E-state index contributed by atoms with van der Waals surface area (Å²) in [5, 5.41) is 13.1. The van der Waals surface area contributed by atoms with Crippen molar-refractivity contribution in [3.05, 3.63) is 11.7 Å². The van der Waals surface area contributed by atoms with Gasteiger partial charge in [-0.2, -0.15) is 18.2 Å².